The topological polar surface area (TPSA) is 34.1 Å². The number of hydrogen-bond donors (Lipinski definition) is 0. The highest BCUT2D eigenvalue weighted by atomic mass is 16.1. The molecule has 0 radical (unpaired) electrons. The molecule has 0 aromatic rings. The zero-order valence-corrected chi connectivity index (χ0v) is 8.93. The van der Waals surface area contributed by atoms with Gasteiger partial charge in [0.25, 0.3) is 0 Å². The lowest BCUT2D eigenvalue weighted by Crippen LogP contribution is -2.22. The minimum absolute atomic E-state index is 0.101. The molecule has 0 aliphatic carbocycles. The van der Waals surface area contributed by atoms with E-state index in [1.165, 1.54) is 0 Å². The monoisotopic (exact) mass is 184 g/mol. The molecule has 2 heteroatoms. The number of hydrogen-bond acceptors (Lipinski definition) is 2. The average Bonchev–Trinajstić information content (AvgIpc) is 2.15. The molecule has 0 fully saturated rings. The summed E-state index contributed by atoms with van der Waals surface area (Å²) in [6.45, 7) is 5.77. The van der Waals surface area contributed by atoms with Gasteiger partial charge in [-0.3, -0.25) is 9.59 Å². The standard InChI is InChI=1S/C11H20O2/c1-4-7-8-11(13)9(5-2)10(12)6-3/h9H,4-8H2,1-3H3. The van der Waals surface area contributed by atoms with Crippen molar-refractivity contribution < 1.29 is 9.59 Å². The Morgan fingerprint density at radius 3 is 2.08 bits per heavy atom. The summed E-state index contributed by atoms with van der Waals surface area (Å²) in [7, 11) is 0. The lowest BCUT2D eigenvalue weighted by atomic mass is 9.92. The molecule has 1 atom stereocenters. The van der Waals surface area contributed by atoms with Gasteiger partial charge in [0.05, 0.1) is 5.92 Å². The normalized spacial score (nSPS) is 12.5. The Hall–Kier alpha value is -0.660. The van der Waals surface area contributed by atoms with Crippen LogP contribution in [0.15, 0.2) is 0 Å². The van der Waals surface area contributed by atoms with Gasteiger partial charge in [-0.15, -0.1) is 0 Å². The Labute approximate surface area is 80.7 Å². The van der Waals surface area contributed by atoms with E-state index in [2.05, 4.69) is 6.92 Å². The summed E-state index contributed by atoms with van der Waals surface area (Å²) in [5.41, 5.74) is 0. The summed E-state index contributed by atoms with van der Waals surface area (Å²) in [4.78, 5) is 22.8. The van der Waals surface area contributed by atoms with E-state index in [1.807, 2.05) is 13.8 Å². The van der Waals surface area contributed by atoms with Crippen LogP contribution in [0.2, 0.25) is 0 Å². The van der Waals surface area contributed by atoms with Crippen molar-refractivity contribution in [2.75, 3.05) is 0 Å². The molecule has 1 unspecified atom stereocenters. The molecular formula is C11H20O2. The third-order valence-corrected chi connectivity index (χ3v) is 2.31. The van der Waals surface area contributed by atoms with Gasteiger partial charge in [-0.1, -0.05) is 27.2 Å². The summed E-state index contributed by atoms with van der Waals surface area (Å²) in [6.07, 6.45) is 3.64. The van der Waals surface area contributed by atoms with Crippen LogP contribution in [0.4, 0.5) is 0 Å². The molecule has 0 aliphatic heterocycles. The van der Waals surface area contributed by atoms with Crippen LogP contribution < -0.4 is 0 Å². The van der Waals surface area contributed by atoms with E-state index < -0.39 is 0 Å². The van der Waals surface area contributed by atoms with E-state index in [1.54, 1.807) is 0 Å². The van der Waals surface area contributed by atoms with E-state index >= 15 is 0 Å². The quantitative estimate of drug-likeness (QED) is 0.570. The molecule has 0 saturated carbocycles. The largest absolute Gasteiger partial charge is 0.299 e. The Balaban J connectivity index is 4.07. The molecule has 0 aromatic heterocycles. The second-order valence-corrected chi connectivity index (χ2v) is 3.35. The SMILES string of the molecule is CCCCC(=O)C(CC)C(=O)CC. The minimum atomic E-state index is -0.323. The maximum absolute atomic E-state index is 11.5. The van der Waals surface area contributed by atoms with Gasteiger partial charge >= 0.3 is 0 Å². The van der Waals surface area contributed by atoms with Crippen LogP contribution in [-0.2, 0) is 9.59 Å². The summed E-state index contributed by atoms with van der Waals surface area (Å²) in [5.74, 6) is -0.0867. The minimum Gasteiger partial charge on any atom is -0.299 e. The van der Waals surface area contributed by atoms with Crippen molar-refractivity contribution in [2.45, 2.75) is 52.9 Å². The molecule has 0 heterocycles. The van der Waals surface area contributed by atoms with Gasteiger partial charge in [-0.05, 0) is 12.8 Å². The number of Topliss-reactive ketones (excluding diaryl/α,β-unsaturated/α-hetero) is 2. The van der Waals surface area contributed by atoms with E-state index in [-0.39, 0.29) is 17.5 Å². The Morgan fingerprint density at radius 1 is 1.08 bits per heavy atom. The smallest absolute Gasteiger partial charge is 0.143 e. The molecule has 76 valence electrons. The molecule has 13 heavy (non-hydrogen) atoms. The molecule has 0 aromatic carbocycles. The van der Waals surface area contributed by atoms with Crippen molar-refractivity contribution >= 4 is 11.6 Å². The van der Waals surface area contributed by atoms with Crippen molar-refractivity contribution in [2.24, 2.45) is 5.92 Å². The fourth-order valence-electron chi connectivity index (χ4n) is 1.41. The summed E-state index contributed by atoms with van der Waals surface area (Å²) in [6, 6.07) is 0. The second kappa shape index (κ2) is 6.81. The highest BCUT2D eigenvalue weighted by molar-refractivity contribution is 6.02. The molecule has 0 spiro atoms. The van der Waals surface area contributed by atoms with Crippen LogP contribution in [-0.4, -0.2) is 11.6 Å². The molecule has 0 amide bonds. The first-order valence-electron chi connectivity index (χ1n) is 5.22. The van der Waals surface area contributed by atoms with Crippen molar-refractivity contribution in [3.05, 3.63) is 0 Å². The van der Waals surface area contributed by atoms with Gasteiger partial charge in [0.2, 0.25) is 0 Å². The number of carbonyl (C=O) groups excluding carboxylic acids is 2. The van der Waals surface area contributed by atoms with Gasteiger partial charge in [-0.25, -0.2) is 0 Å². The molecule has 0 N–H and O–H groups in total. The molecule has 0 rings (SSSR count). The van der Waals surface area contributed by atoms with E-state index in [9.17, 15) is 9.59 Å². The van der Waals surface area contributed by atoms with Gasteiger partial charge in [-0.2, -0.15) is 0 Å². The maximum atomic E-state index is 11.5. The summed E-state index contributed by atoms with van der Waals surface area (Å²) >= 11 is 0. The zero-order chi connectivity index (χ0) is 10.3. The molecular weight excluding hydrogens is 164 g/mol. The van der Waals surface area contributed by atoms with Gasteiger partial charge < -0.3 is 0 Å². The fraction of sp³-hybridized carbons (Fsp3) is 0.818. The van der Waals surface area contributed by atoms with E-state index in [4.69, 9.17) is 0 Å². The summed E-state index contributed by atoms with van der Waals surface area (Å²) in [5, 5.41) is 0. The van der Waals surface area contributed by atoms with Gasteiger partial charge in [0.1, 0.15) is 11.6 Å². The number of ketones is 2. The van der Waals surface area contributed by atoms with Crippen LogP contribution in [0.1, 0.15) is 52.9 Å². The van der Waals surface area contributed by atoms with Crippen molar-refractivity contribution in [1.29, 1.82) is 0 Å². The molecule has 0 bridgehead atoms. The van der Waals surface area contributed by atoms with Gasteiger partial charge in [0.15, 0.2) is 0 Å². The molecule has 0 saturated heterocycles. The third kappa shape index (κ3) is 4.20. The van der Waals surface area contributed by atoms with Crippen LogP contribution >= 0.6 is 0 Å². The van der Waals surface area contributed by atoms with Crippen molar-refractivity contribution in [3.63, 3.8) is 0 Å². The van der Waals surface area contributed by atoms with Crippen LogP contribution in [0.5, 0.6) is 0 Å². The Kier molecular flexibility index (Phi) is 6.47. The average molecular weight is 184 g/mol. The van der Waals surface area contributed by atoms with Crippen LogP contribution in [0, 0.1) is 5.92 Å². The Bertz CT molecular complexity index is 173. The molecule has 2 nitrogen and oxygen atoms in total. The first-order valence-corrected chi connectivity index (χ1v) is 5.22. The number of rotatable bonds is 7. The Morgan fingerprint density at radius 2 is 1.69 bits per heavy atom. The maximum Gasteiger partial charge on any atom is 0.143 e. The second-order valence-electron chi connectivity index (χ2n) is 3.35. The first kappa shape index (κ1) is 12.3. The zero-order valence-electron chi connectivity index (χ0n) is 8.93. The van der Waals surface area contributed by atoms with Crippen LogP contribution in [0.25, 0.3) is 0 Å². The van der Waals surface area contributed by atoms with Crippen molar-refractivity contribution in [3.8, 4) is 0 Å². The molecule has 0 aliphatic rings. The van der Waals surface area contributed by atoms with E-state index in [0.29, 0.717) is 19.3 Å². The fourth-order valence-corrected chi connectivity index (χ4v) is 1.41. The number of carbonyl (C=O) groups is 2. The lowest BCUT2D eigenvalue weighted by molar-refractivity contribution is -0.132. The highest BCUT2D eigenvalue weighted by Gasteiger charge is 2.21. The summed E-state index contributed by atoms with van der Waals surface area (Å²) < 4.78 is 0. The predicted octanol–water partition coefficient (Wildman–Crippen LogP) is 2.75. The van der Waals surface area contributed by atoms with Crippen LogP contribution in [0.3, 0.4) is 0 Å². The van der Waals surface area contributed by atoms with Gasteiger partial charge in [0, 0.05) is 12.8 Å². The number of unbranched alkanes of at least 4 members (excludes halogenated alkanes) is 1. The predicted molar refractivity (Wildman–Crippen MR) is 53.6 cm³/mol. The first-order chi connectivity index (χ1) is 6.17. The van der Waals surface area contributed by atoms with Crippen molar-refractivity contribution in [1.82, 2.24) is 0 Å². The lowest BCUT2D eigenvalue weighted by Gasteiger charge is -2.10. The van der Waals surface area contributed by atoms with E-state index in [0.717, 1.165) is 12.8 Å². The third-order valence-electron chi connectivity index (χ3n) is 2.31. The highest BCUT2D eigenvalue weighted by Crippen LogP contribution is 2.12.